The first kappa shape index (κ1) is 33.9. The Hall–Kier alpha value is -6.85. The number of rotatable bonds is 1. The molecule has 0 fully saturated rings. The van der Waals surface area contributed by atoms with Gasteiger partial charge in [0.1, 0.15) is 11.2 Å². The molecule has 0 amide bonds. The van der Waals surface area contributed by atoms with Crippen molar-refractivity contribution in [1.82, 2.24) is 0 Å². The fraction of sp³-hybridized carbons (Fsp3) is 0.0526. The average Bonchev–Trinajstić information content (AvgIpc) is 3.91. The van der Waals surface area contributed by atoms with Crippen LogP contribution in [-0.2, 0) is 5.41 Å². The number of aryl methyl sites for hydroxylation is 2. The number of para-hydroxylation sites is 2. The zero-order valence-corrected chi connectivity index (χ0v) is 35.5. The number of hydrogen-bond donors (Lipinski definition) is 0. The van der Waals surface area contributed by atoms with E-state index >= 15 is 0 Å². The summed E-state index contributed by atoms with van der Waals surface area (Å²) in [5, 5.41) is 8.25. The minimum absolute atomic E-state index is 0.575. The van der Waals surface area contributed by atoms with E-state index in [1.54, 1.807) is 0 Å². The highest BCUT2D eigenvalue weighted by Gasteiger charge is 2.55. The van der Waals surface area contributed by atoms with Gasteiger partial charge in [-0.2, -0.15) is 0 Å². The predicted molar refractivity (Wildman–Crippen MR) is 255 cm³/mol. The Morgan fingerprint density at radius 2 is 1.00 bits per heavy atom. The molecule has 0 saturated heterocycles. The van der Waals surface area contributed by atoms with Crippen LogP contribution >= 0.6 is 11.8 Å². The molecule has 0 unspecified atom stereocenters. The van der Waals surface area contributed by atoms with Crippen LogP contribution in [0, 0.1) is 13.8 Å². The maximum Gasteiger partial charge on any atom is 0.182 e. The Bertz CT molecular complexity index is 3480. The van der Waals surface area contributed by atoms with Crippen molar-refractivity contribution in [3.63, 3.8) is 0 Å². The third-order valence-electron chi connectivity index (χ3n) is 14.2. The van der Waals surface area contributed by atoms with Gasteiger partial charge < -0.3 is 9.32 Å². The summed E-state index contributed by atoms with van der Waals surface area (Å²) in [4.78, 5) is 5.14. The van der Waals surface area contributed by atoms with E-state index in [1.807, 2.05) is 11.8 Å². The van der Waals surface area contributed by atoms with E-state index in [2.05, 4.69) is 207 Å². The highest BCUT2D eigenvalue weighted by molar-refractivity contribution is 7.99. The van der Waals surface area contributed by atoms with Crippen molar-refractivity contribution in [1.29, 1.82) is 0 Å². The molecule has 0 atom stereocenters. The molecular formula is C57H37NOSSi. The molecule has 286 valence electrons. The van der Waals surface area contributed by atoms with Gasteiger partial charge in [0.25, 0.3) is 0 Å². The molecule has 0 saturated carbocycles. The third kappa shape index (κ3) is 4.14. The second kappa shape index (κ2) is 11.9. The summed E-state index contributed by atoms with van der Waals surface area (Å²) in [6, 6.07) is 71.8. The molecule has 10 aromatic rings. The molecule has 2 spiro atoms. The maximum absolute atomic E-state index is 6.77. The summed E-state index contributed by atoms with van der Waals surface area (Å²) in [6.07, 6.45) is 0. The van der Waals surface area contributed by atoms with Crippen LogP contribution in [-0.4, -0.2) is 8.07 Å². The number of fused-ring (bicyclic) bond motifs is 21. The van der Waals surface area contributed by atoms with Gasteiger partial charge in [0.05, 0.1) is 16.8 Å². The summed E-state index contributed by atoms with van der Waals surface area (Å²) in [5.41, 5.74) is 18.0. The molecule has 5 heterocycles. The summed E-state index contributed by atoms with van der Waals surface area (Å²) < 4.78 is 6.77. The second-order valence-electron chi connectivity index (χ2n) is 17.3. The van der Waals surface area contributed by atoms with Gasteiger partial charge >= 0.3 is 0 Å². The number of furan rings is 1. The average molecular weight is 812 g/mol. The second-order valence-corrected chi connectivity index (χ2v) is 22.0. The van der Waals surface area contributed by atoms with E-state index in [1.165, 1.54) is 97.5 Å². The van der Waals surface area contributed by atoms with Crippen molar-refractivity contribution in [2.75, 3.05) is 4.90 Å². The van der Waals surface area contributed by atoms with Gasteiger partial charge in [-0.1, -0.05) is 162 Å². The molecular weight excluding hydrogens is 775 g/mol. The first-order chi connectivity index (χ1) is 30.0. The van der Waals surface area contributed by atoms with Gasteiger partial charge in [-0.15, -0.1) is 0 Å². The molecule has 0 bridgehead atoms. The van der Waals surface area contributed by atoms with Gasteiger partial charge in [-0.3, -0.25) is 0 Å². The Kier molecular flexibility index (Phi) is 6.62. The molecule has 61 heavy (non-hydrogen) atoms. The standard InChI is InChI=1S/C57H37NOSSi/c1-34-23-26-39-40-27-24-35(2)30-55(40)61(54(39)29-34)53-22-12-4-14-38(53)41-28-25-36(31-56(41)61)58-47-18-8-5-15-43(47)57(44-16-6-10-20-51(44)60-52-21-11-7-17-45(52)57)46-32-42-37-13-3-9-19-49(37)59-50(42)33-48(46)58/h3-33H,1-2H3. The predicted octanol–water partition coefficient (Wildman–Crippen LogP) is 12.2. The van der Waals surface area contributed by atoms with Crippen molar-refractivity contribution in [3.05, 3.63) is 221 Å². The van der Waals surface area contributed by atoms with Gasteiger partial charge in [-0.25, -0.2) is 0 Å². The fourth-order valence-electron chi connectivity index (χ4n) is 11.9. The maximum atomic E-state index is 6.77. The van der Waals surface area contributed by atoms with Crippen molar-refractivity contribution in [3.8, 4) is 22.3 Å². The van der Waals surface area contributed by atoms with Gasteiger partial charge in [0, 0.05) is 32.3 Å². The first-order valence-corrected chi connectivity index (χ1v) is 24.1. The lowest BCUT2D eigenvalue weighted by molar-refractivity contribution is 0.665. The summed E-state index contributed by atoms with van der Waals surface area (Å²) in [5.74, 6) is 0. The van der Waals surface area contributed by atoms with Crippen molar-refractivity contribution in [2.24, 2.45) is 0 Å². The highest BCUT2D eigenvalue weighted by atomic mass is 32.2. The van der Waals surface area contributed by atoms with Crippen LogP contribution in [0.4, 0.5) is 17.1 Å². The van der Waals surface area contributed by atoms with Crippen LogP contribution in [0.1, 0.15) is 33.4 Å². The quantitative estimate of drug-likeness (QED) is 0.154. The first-order valence-electron chi connectivity index (χ1n) is 21.2. The van der Waals surface area contributed by atoms with Crippen LogP contribution in [0.5, 0.6) is 0 Å². The zero-order chi connectivity index (χ0) is 40.2. The Morgan fingerprint density at radius 3 is 1.74 bits per heavy atom. The fourth-order valence-corrected chi connectivity index (χ4v) is 18.9. The number of benzene rings is 9. The molecule has 4 aliphatic heterocycles. The lowest BCUT2D eigenvalue weighted by Crippen LogP contribution is -2.70. The number of nitrogens with zero attached hydrogens (tertiary/aromatic N) is 1. The van der Waals surface area contributed by atoms with Gasteiger partial charge in [0.15, 0.2) is 8.07 Å². The van der Waals surface area contributed by atoms with E-state index in [-0.39, 0.29) is 0 Å². The zero-order valence-electron chi connectivity index (χ0n) is 33.7. The molecule has 0 radical (unpaired) electrons. The topological polar surface area (TPSA) is 16.4 Å². The SMILES string of the molecule is Cc1ccc2c(c1)[Si]1(c3ccccc3-c3ccc(N4c5ccccc5C5(c6ccccc6Sc6ccccc65)c5cc6c(cc54)oc4ccccc46)cc31)c1cc(C)ccc1-2. The molecule has 1 aromatic heterocycles. The summed E-state index contributed by atoms with van der Waals surface area (Å²) in [7, 11) is -2.74. The molecule has 14 rings (SSSR count). The Labute approximate surface area is 359 Å². The lowest BCUT2D eigenvalue weighted by Gasteiger charge is -2.49. The van der Waals surface area contributed by atoms with Crippen LogP contribution in [0.3, 0.4) is 0 Å². The molecule has 4 aliphatic rings. The number of hydrogen-bond acceptors (Lipinski definition) is 3. The van der Waals surface area contributed by atoms with Crippen LogP contribution in [0.25, 0.3) is 44.2 Å². The highest BCUT2D eigenvalue weighted by Crippen LogP contribution is 2.63. The van der Waals surface area contributed by atoms with E-state index in [0.717, 1.165) is 27.6 Å². The smallest absolute Gasteiger partial charge is 0.182 e. The van der Waals surface area contributed by atoms with Gasteiger partial charge in [-0.05, 0) is 122 Å². The van der Waals surface area contributed by atoms with E-state index in [9.17, 15) is 0 Å². The van der Waals surface area contributed by atoms with Crippen molar-refractivity contribution < 1.29 is 4.42 Å². The minimum atomic E-state index is -2.74. The largest absolute Gasteiger partial charge is 0.456 e. The molecule has 4 heteroatoms. The van der Waals surface area contributed by atoms with E-state index < -0.39 is 13.5 Å². The van der Waals surface area contributed by atoms with E-state index in [4.69, 9.17) is 4.42 Å². The molecule has 9 aromatic carbocycles. The monoisotopic (exact) mass is 811 g/mol. The summed E-state index contributed by atoms with van der Waals surface area (Å²) in [6.45, 7) is 4.51. The Morgan fingerprint density at radius 1 is 0.426 bits per heavy atom. The normalized spacial score (nSPS) is 15.2. The van der Waals surface area contributed by atoms with Gasteiger partial charge in [0.2, 0.25) is 0 Å². The van der Waals surface area contributed by atoms with Crippen LogP contribution in [0.2, 0.25) is 0 Å². The molecule has 0 aliphatic carbocycles. The van der Waals surface area contributed by atoms with Crippen LogP contribution in [0.15, 0.2) is 202 Å². The Balaban J connectivity index is 1.11. The van der Waals surface area contributed by atoms with E-state index in [0.29, 0.717) is 0 Å². The summed E-state index contributed by atoms with van der Waals surface area (Å²) >= 11 is 1.89. The van der Waals surface area contributed by atoms with Crippen molar-refractivity contribution in [2.45, 2.75) is 29.1 Å². The molecule has 2 nitrogen and oxygen atoms in total. The number of anilines is 3. The minimum Gasteiger partial charge on any atom is -0.456 e. The molecule has 0 N–H and O–H groups in total. The third-order valence-corrected chi connectivity index (χ3v) is 20.3. The lowest BCUT2D eigenvalue weighted by atomic mass is 9.62. The van der Waals surface area contributed by atoms with Crippen molar-refractivity contribution >= 4 is 79.6 Å². The van der Waals surface area contributed by atoms with Crippen LogP contribution < -0.4 is 25.6 Å².